The Balaban J connectivity index is 4.65. The van der Waals surface area contributed by atoms with Gasteiger partial charge in [0.25, 0.3) is 0 Å². The van der Waals surface area contributed by atoms with Crippen LogP contribution in [-0.4, -0.2) is 46.9 Å². The summed E-state index contributed by atoms with van der Waals surface area (Å²) in [5.74, 6) is -0.507. The van der Waals surface area contributed by atoms with Crippen molar-refractivity contribution in [3.63, 3.8) is 0 Å². The van der Waals surface area contributed by atoms with Crippen LogP contribution < -0.4 is 5.32 Å². The lowest BCUT2D eigenvalue weighted by atomic mass is 10.0. The van der Waals surface area contributed by atoms with E-state index in [1.54, 1.807) is 0 Å². The molecule has 6 nitrogen and oxygen atoms in total. The van der Waals surface area contributed by atoms with Gasteiger partial charge in [0.2, 0.25) is 5.91 Å². The number of aliphatic hydroxyl groups is 2. The Kier molecular flexibility index (Phi) is 38.8. The summed E-state index contributed by atoms with van der Waals surface area (Å²) in [6.07, 6.45) is 44.9. The summed E-state index contributed by atoms with van der Waals surface area (Å²) in [7, 11) is 0. The number of amides is 1. The zero-order valence-corrected chi connectivity index (χ0v) is 34.4. The quantitative estimate of drug-likeness (QED) is 0.0253. The van der Waals surface area contributed by atoms with Crippen molar-refractivity contribution < 1.29 is 24.5 Å². The summed E-state index contributed by atoms with van der Waals surface area (Å²) < 4.78 is 5.87. The van der Waals surface area contributed by atoms with E-state index in [0.29, 0.717) is 19.3 Å². The summed E-state index contributed by atoms with van der Waals surface area (Å²) in [5.41, 5.74) is 0. The van der Waals surface area contributed by atoms with E-state index >= 15 is 0 Å². The fourth-order valence-corrected chi connectivity index (χ4v) is 6.54. The van der Waals surface area contributed by atoms with Crippen molar-refractivity contribution in [2.45, 2.75) is 238 Å². The normalized spacial score (nSPS) is 13.7. The number of nitrogens with one attached hydrogen (secondary N) is 1. The van der Waals surface area contributed by atoms with Gasteiger partial charge in [-0.3, -0.25) is 9.59 Å². The second-order valence-electron chi connectivity index (χ2n) is 15.1. The highest BCUT2D eigenvalue weighted by molar-refractivity contribution is 5.77. The van der Waals surface area contributed by atoms with Crippen LogP contribution in [0.4, 0.5) is 0 Å². The number of carbonyl (C=O) groups excluding carboxylic acids is 2. The summed E-state index contributed by atoms with van der Waals surface area (Å²) >= 11 is 0. The molecule has 3 N–H and O–H groups in total. The standard InChI is InChI=1S/C46H85NO5/c1-4-7-10-13-16-19-22-23-24-25-28-31-34-37-42(52-46(51)39-36-33-30-27-21-18-15-12-9-6-3)40-45(50)47-43(41-48)44(49)38-35-32-29-26-20-17-14-11-8-5-2/h12,15-16,19,22-23,42-44,48-49H,4-11,13-14,17-18,20-21,24-41H2,1-3H3,(H,47,50)/b15-12-,19-16+,23-22+. The molecule has 3 atom stereocenters. The van der Waals surface area contributed by atoms with E-state index in [4.69, 9.17) is 4.74 Å². The van der Waals surface area contributed by atoms with Crippen LogP contribution in [0.5, 0.6) is 0 Å². The van der Waals surface area contributed by atoms with Crippen LogP contribution in [-0.2, 0) is 14.3 Å². The number of allylic oxidation sites excluding steroid dienone is 6. The third-order valence-corrected chi connectivity index (χ3v) is 9.95. The van der Waals surface area contributed by atoms with Gasteiger partial charge in [-0.25, -0.2) is 0 Å². The molecule has 0 bridgehead atoms. The van der Waals surface area contributed by atoms with Crippen molar-refractivity contribution in [3.8, 4) is 0 Å². The molecule has 0 saturated carbocycles. The fourth-order valence-electron chi connectivity index (χ4n) is 6.54. The SMILES string of the molecule is CCC/C=C\CCCCCCCC(=O)OC(CCCCCC/C=C/C=C/CCCCC)CC(=O)NC(CO)C(O)CCCCCCCCCCCC. The number of carbonyl (C=O) groups is 2. The molecule has 0 heterocycles. The van der Waals surface area contributed by atoms with Gasteiger partial charge in [-0.2, -0.15) is 0 Å². The lowest BCUT2D eigenvalue weighted by Gasteiger charge is -2.24. The van der Waals surface area contributed by atoms with Crippen LogP contribution >= 0.6 is 0 Å². The molecular weight excluding hydrogens is 647 g/mol. The molecule has 0 aliphatic heterocycles. The van der Waals surface area contributed by atoms with Gasteiger partial charge >= 0.3 is 5.97 Å². The summed E-state index contributed by atoms with van der Waals surface area (Å²) in [5, 5.41) is 23.6. The second kappa shape index (κ2) is 40.3. The average Bonchev–Trinajstić information content (AvgIpc) is 3.13. The molecule has 0 saturated heterocycles. The number of ether oxygens (including phenoxy) is 1. The zero-order valence-electron chi connectivity index (χ0n) is 34.4. The highest BCUT2D eigenvalue weighted by Gasteiger charge is 2.24. The highest BCUT2D eigenvalue weighted by Crippen LogP contribution is 2.17. The molecule has 0 aromatic heterocycles. The minimum atomic E-state index is -0.790. The molecule has 52 heavy (non-hydrogen) atoms. The predicted octanol–water partition coefficient (Wildman–Crippen LogP) is 12.6. The average molecular weight is 732 g/mol. The summed E-state index contributed by atoms with van der Waals surface area (Å²) in [4.78, 5) is 25.9. The Morgan fingerprint density at radius 1 is 0.558 bits per heavy atom. The molecule has 0 aromatic rings. The molecular formula is C46H85NO5. The lowest BCUT2D eigenvalue weighted by molar-refractivity contribution is -0.151. The maximum absolute atomic E-state index is 13.1. The van der Waals surface area contributed by atoms with Crippen molar-refractivity contribution in [2.24, 2.45) is 0 Å². The highest BCUT2D eigenvalue weighted by atomic mass is 16.5. The first-order valence-corrected chi connectivity index (χ1v) is 22.2. The van der Waals surface area contributed by atoms with Gasteiger partial charge in [-0.05, 0) is 70.6 Å². The second-order valence-corrected chi connectivity index (χ2v) is 15.1. The third kappa shape index (κ3) is 35.1. The molecule has 0 rings (SSSR count). The number of rotatable bonds is 39. The van der Waals surface area contributed by atoms with Crippen LogP contribution in [0.1, 0.15) is 220 Å². The maximum atomic E-state index is 13.1. The molecule has 6 heteroatoms. The maximum Gasteiger partial charge on any atom is 0.306 e. The van der Waals surface area contributed by atoms with Gasteiger partial charge in [0, 0.05) is 6.42 Å². The Bertz CT molecular complexity index is 869. The van der Waals surface area contributed by atoms with E-state index in [-0.39, 0.29) is 24.9 Å². The smallest absolute Gasteiger partial charge is 0.306 e. The van der Waals surface area contributed by atoms with E-state index in [1.165, 1.54) is 83.5 Å². The van der Waals surface area contributed by atoms with Crippen molar-refractivity contribution in [1.29, 1.82) is 0 Å². The number of esters is 1. The first kappa shape index (κ1) is 50.1. The molecule has 0 aliphatic rings. The molecule has 1 amide bonds. The molecule has 304 valence electrons. The predicted molar refractivity (Wildman–Crippen MR) is 222 cm³/mol. The van der Waals surface area contributed by atoms with Crippen molar-refractivity contribution >= 4 is 11.9 Å². The molecule has 0 aromatic carbocycles. The molecule has 0 radical (unpaired) electrons. The zero-order chi connectivity index (χ0) is 38.2. The molecule has 0 fully saturated rings. The Morgan fingerprint density at radius 3 is 1.60 bits per heavy atom. The van der Waals surface area contributed by atoms with Crippen LogP contribution in [0.25, 0.3) is 0 Å². The minimum absolute atomic E-state index is 0.0616. The Labute approximate surface area is 322 Å². The topological polar surface area (TPSA) is 95.9 Å². The van der Waals surface area contributed by atoms with Crippen LogP contribution in [0.15, 0.2) is 36.5 Å². The molecule has 3 unspecified atom stereocenters. The van der Waals surface area contributed by atoms with Gasteiger partial charge < -0.3 is 20.3 Å². The van der Waals surface area contributed by atoms with Gasteiger partial charge in [-0.1, -0.05) is 173 Å². The van der Waals surface area contributed by atoms with Gasteiger partial charge in [-0.15, -0.1) is 0 Å². The van der Waals surface area contributed by atoms with Gasteiger partial charge in [0.15, 0.2) is 0 Å². The van der Waals surface area contributed by atoms with Crippen LogP contribution in [0.2, 0.25) is 0 Å². The van der Waals surface area contributed by atoms with E-state index in [1.807, 2.05) is 0 Å². The number of hydrogen-bond acceptors (Lipinski definition) is 5. The van der Waals surface area contributed by atoms with E-state index in [0.717, 1.165) is 89.9 Å². The number of hydrogen-bond donors (Lipinski definition) is 3. The lowest BCUT2D eigenvalue weighted by Crippen LogP contribution is -2.46. The van der Waals surface area contributed by atoms with E-state index < -0.39 is 18.2 Å². The summed E-state index contributed by atoms with van der Waals surface area (Å²) in [6.45, 7) is 6.36. The molecule has 0 spiro atoms. The number of aliphatic hydroxyl groups excluding tert-OH is 2. The van der Waals surface area contributed by atoms with Crippen molar-refractivity contribution in [1.82, 2.24) is 5.32 Å². The first-order chi connectivity index (χ1) is 25.5. The van der Waals surface area contributed by atoms with E-state index in [9.17, 15) is 19.8 Å². The van der Waals surface area contributed by atoms with Gasteiger partial charge in [0.05, 0.1) is 25.2 Å². The van der Waals surface area contributed by atoms with Gasteiger partial charge in [0.1, 0.15) is 6.10 Å². The number of unbranched alkanes of at least 4 members (excludes halogenated alkanes) is 22. The largest absolute Gasteiger partial charge is 0.462 e. The first-order valence-electron chi connectivity index (χ1n) is 22.2. The Hall–Kier alpha value is -1.92. The molecule has 0 aliphatic carbocycles. The minimum Gasteiger partial charge on any atom is -0.462 e. The Morgan fingerprint density at radius 2 is 1.02 bits per heavy atom. The monoisotopic (exact) mass is 732 g/mol. The van der Waals surface area contributed by atoms with Crippen LogP contribution in [0, 0.1) is 0 Å². The van der Waals surface area contributed by atoms with Crippen LogP contribution in [0.3, 0.4) is 0 Å². The van der Waals surface area contributed by atoms with E-state index in [2.05, 4.69) is 62.5 Å². The fraction of sp³-hybridized carbons (Fsp3) is 0.826. The van der Waals surface area contributed by atoms with Crippen molar-refractivity contribution in [3.05, 3.63) is 36.5 Å². The third-order valence-electron chi connectivity index (χ3n) is 9.95. The summed E-state index contributed by atoms with van der Waals surface area (Å²) in [6, 6.07) is -0.705. The van der Waals surface area contributed by atoms with Crippen molar-refractivity contribution in [2.75, 3.05) is 6.61 Å².